The molecule has 1 aromatic carbocycles. The first-order valence-corrected chi connectivity index (χ1v) is 11.0. The van der Waals surface area contributed by atoms with Gasteiger partial charge in [0.25, 0.3) is 11.5 Å². The molecule has 0 unspecified atom stereocenters. The number of H-pyrrole nitrogens is 1. The molecule has 3 heterocycles. The van der Waals surface area contributed by atoms with Crippen molar-refractivity contribution >= 4 is 33.7 Å². The molecule has 2 aromatic heterocycles. The quantitative estimate of drug-likeness (QED) is 0.674. The normalized spacial score (nSPS) is 20.0. The molecule has 1 atom stereocenters. The van der Waals surface area contributed by atoms with E-state index in [1.165, 1.54) is 0 Å². The number of fused-ring (bicyclic) bond motifs is 3. The molecular weight excluding hydrogens is 396 g/mol. The summed E-state index contributed by atoms with van der Waals surface area (Å²) in [7, 11) is 0. The highest BCUT2D eigenvalue weighted by Gasteiger charge is 2.30. The lowest BCUT2D eigenvalue weighted by Crippen LogP contribution is -2.42. The number of aromatic nitrogens is 3. The van der Waals surface area contributed by atoms with Gasteiger partial charge in [-0.05, 0) is 50.3 Å². The van der Waals surface area contributed by atoms with E-state index in [9.17, 15) is 19.5 Å². The number of nitrogens with zero attached hydrogens (tertiary/aromatic N) is 3. The predicted octanol–water partition coefficient (Wildman–Crippen LogP) is 3.24. The van der Waals surface area contributed by atoms with Crippen LogP contribution in [0.2, 0.25) is 0 Å². The number of rotatable bonds is 3. The van der Waals surface area contributed by atoms with E-state index in [2.05, 4.69) is 10.1 Å². The van der Waals surface area contributed by atoms with Gasteiger partial charge in [0.15, 0.2) is 0 Å². The summed E-state index contributed by atoms with van der Waals surface area (Å²) in [6.45, 7) is 2.63. The Balaban J connectivity index is 1.63. The van der Waals surface area contributed by atoms with Crippen LogP contribution in [0.5, 0.6) is 0 Å². The molecule has 5 rings (SSSR count). The highest BCUT2D eigenvalue weighted by atomic mass is 16.4. The summed E-state index contributed by atoms with van der Waals surface area (Å²) in [5.41, 5.74) is 2.60. The van der Waals surface area contributed by atoms with Crippen LogP contribution in [0.4, 0.5) is 0 Å². The molecule has 2 aliphatic rings. The minimum atomic E-state index is -0.854. The number of carbonyl (C=O) groups is 2. The fourth-order valence-electron chi connectivity index (χ4n) is 5.18. The maximum atomic E-state index is 13.4. The highest BCUT2D eigenvalue weighted by Crippen LogP contribution is 2.34. The van der Waals surface area contributed by atoms with E-state index in [1.54, 1.807) is 11.1 Å². The second kappa shape index (κ2) is 7.51. The van der Waals surface area contributed by atoms with Crippen LogP contribution in [0, 0.1) is 12.8 Å². The van der Waals surface area contributed by atoms with Crippen LogP contribution in [0.1, 0.15) is 60.5 Å². The summed E-state index contributed by atoms with van der Waals surface area (Å²) < 4.78 is 1.96. The molecule has 0 bridgehead atoms. The van der Waals surface area contributed by atoms with E-state index in [-0.39, 0.29) is 24.1 Å². The van der Waals surface area contributed by atoms with E-state index in [0.29, 0.717) is 35.9 Å². The summed E-state index contributed by atoms with van der Waals surface area (Å²) in [6.07, 6.45) is 7.26. The first-order chi connectivity index (χ1) is 14.9. The molecule has 162 valence electrons. The molecule has 1 amide bonds. The molecule has 8 heteroatoms. The minimum absolute atomic E-state index is 0.156. The number of carboxylic acid groups (broad SMARTS) is 1. The monoisotopic (exact) mass is 422 g/mol. The number of aryl methyl sites for hydroxylation is 1. The van der Waals surface area contributed by atoms with Crippen molar-refractivity contribution in [3.8, 4) is 0 Å². The number of aromatic amines is 1. The zero-order valence-corrected chi connectivity index (χ0v) is 17.6. The summed E-state index contributed by atoms with van der Waals surface area (Å²) in [6, 6.07) is 3.96. The second-order valence-electron chi connectivity index (χ2n) is 8.89. The molecule has 0 spiro atoms. The minimum Gasteiger partial charge on any atom is -0.481 e. The topological polar surface area (TPSA) is 108 Å². The van der Waals surface area contributed by atoms with Gasteiger partial charge in [-0.25, -0.2) is 0 Å². The van der Waals surface area contributed by atoms with Gasteiger partial charge in [-0.3, -0.25) is 19.1 Å². The average Bonchev–Trinajstić information content (AvgIpc) is 3.43. The fraction of sp³-hybridized carbons (Fsp3) is 0.478. The van der Waals surface area contributed by atoms with E-state index in [1.807, 2.05) is 23.7 Å². The number of likely N-dealkylation sites (tertiary alicyclic amines) is 1. The number of amides is 1. The molecule has 0 radical (unpaired) electrons. The third kappa shape index (κ3) is 3.30. The molecule has 31 heavy (non-hydrogen) atoms. The van der Waals surface area contributed by atoms with Crippen LogP contribution in [-0.2, 0) is 4.79 Å². The Labute approximate surface area is 178 Å². The number of carboxylic acids is 1. The zero-order chi connectivity index (χ0) is 21.7. The largest absolute Gasteiger partial charge is 0.481 e. The lowest BCUT2D eigenvalue weighted by atomic mass is 9.96. The first-order valence-electron chi connectivity index (χ1n) is 11.0. The van der Waals surface area contributed by atoms with Crippen molar-refractivity contribution in [2.45, 2.75) is 51.5 Å². The number of carbonyl (C=O) groups excluding carboxylic acids is 1. The molecule has 8 nitrogen and oxygen atoms in total. The molecular formula is C23H26N4O4. The van der Waals surface area contributed by atoms with E-state index in [0.717, 1.165) is 42.1 Å². The number of hydrogen-bond acceptors (Lipinski definition) is 4. The fourth-order valence-corrected chi connectivity index (χ4v) is 5.18. The molecule has 3 aromatic rings. The van der Waals surface area contributed by atoms with Crippen LogP contribution in [-0.4, -0.2) is 49.7 Å². The van der Waals surface area contributed by atoms with Crippen molar-refractivity contribution in [2.75, 3.05) is 13.1 Å². The molecule has 2 N–H and O–H groups in total. The molecule has 1 aliphatic carbocycles. The Bertz CT molecular complexity index is 1250. The number of aliphatic carboxylic acids is 1. The van der Waals surface area contributed by atoms with Crippen LogP contribution in [0.3, 0.4) is 0 Å². The van der Waals surface area contributed by atoms with Crippen LogP contribution >= 0.6 is 0 Å². The first kappa shape index (κ1) is 19.8. The van der Waals surface area contributed by atoms with E-state index < -0.39 is 11.9 Å². The standard InChI is InChI=1S/C23H26N4O4/c1-13-9-19-17(10-16(13)22(29)26-8-4-5-14(12-26)23(30)31)20-18(21(28)25-19)11-24-27(20)15-6-2-3-7-15/h9-11,14-15H,2-8,12H2,1H3,(H,25,28)(H,30,31)/t14-/m1/s1. The summed E-state index contributed by atoms with van der Waals surface area (Å²) >= 11 is 0. The summed E-state index contributed by atoms with van der Waals surface area (Å²) in [5.74, 6) is -1.53. The summed E-state index contributed by atoms with van der Waals surface area (Å²) in [4.78, 5) is 42.0. The Hall–Kier alpha value is -3.16. The lowest BCUT2D eigenvalue weighted by molar-refractivity contribution is -0.143. The number of pyridine rings is 1. The number of hydrogen-bond donors (Lipinski definition) is 2. The molecule has 1 saturated carbocycles. The second-order valence-corrected chi connectivity index (χ2v) is 8.89. The van der Waals surface area contributed by atoms with Crippen LogP contribution in [0.25, 0.3) is 21.8 Å². The van der Waals surface area contributed by atoms with E-state index >= 15 is 0 Å². The summed E-state index contributed by atoms with van der Waals surface area (Å²) in [5, 5.41) is 15.3. The van der Waals surface area contributed by atoms with Gasteiger partial charge in [0.1, 0.15) is 0 Å². The Kier molecular flexibility index (Phi) is 4.79. The van der Waals surface area contributed by atoms with Gasteiger partial charge in [-0.15, -0.1) is 0 Å². The Morgan fingerprint density at radius 2 is 1.90 bits per heavy atom. The Morgan fingerprint density at radius 3 is 2.65 bits per heavy atom. The van der Waals surface area contributed by atoms with Crippen molar-refractivity contribution in [1.82, 2.24) is 19.7 Å². The Morgan fingerprint density at radius 1 is 1.13 bits per heavy atom. The smallest absolute Gasteiger partial charge is 0.308 e. The van der Waals surface area contributed by atoms with Gasteiger partial charge in [-0.1, -0.05) is 12.8 Å². The molecule has 1 aliphatic heterocycles. The maximum absolute atomic E-state index is 13.4. The average molecular weight is 422 g/mol. The van der Waals surface area contributed by atoms with Crippen molar-refractivity contribution in [2.24, 2.45) is 5.92 Å². The van der Waals surface area contributed by atoms with Crippen molar-refractivity contribution in [3.63, 3.8) is 0 Å². The van der Waals surface area contributed by atoms with Gasteiger partial charge >= 0.3 is 5.97 Å². The zero-order valence-electron chi connectivity index (χ0n) is 17.6. The maximum Gasteiger partial charge on any atom is 0.308 e. The van der Waals surface area contributed by atoms with Gasteiger partial charge in [-0.2, -0.15) is 5.10 Å². The van der Waals surface area contributed by atoms with Gasteiger partial charge in [0.2, 0.25) is 0 Å². The third-order valence-electron chi connectivity index (χ3n) is 6.87. The molecule has 2 fully saturated rings. The molecule has 1 saturated heterocycles. The SMILES string of the molecule is Cc1cc2[nH]c(=O)c3cnn(C4CCCC4)c3c2cc1C(=O)N1CCC[C@@H](C(=O)O)C1. The van der Waals surface area contributed by atoms with Crippen molar-refractivity contribution < 1.29 is 14.7 Å². The lowest BCUT2D eigenvalue weighted by Gasteiger charge is -2.31. The van der Waals surface area contributed by atoms with Crippen molar-refractivity contribution in [1.29, 1.82) is 0 Å². The van der Waals surface area contributed by atoms with Crippen LogP contribution < -0.4 is 5.56 Å². The predicted molar refractivity (Wildman–Crippen MR) is 116 cm³/mol. The van der Waals surface area contributed by atoms with Gasteiger partial charge in [0.05, 0.1) is 34.6 Å². The van der Waals surface area contributed by atoms with Gasteiger partial charge < -0.3 is 15.0 Å². The number of piperidine rings is 1. The third-order valence-corrected chi connectivity index (χ3v) is 6.87. The van der Waals surface area contributed by atoms with Crippen LogP contribution in [0.15, 0.2) is 23.1 Å². The number of benzene rings is 1. The number of nitrogens with one attached hydrogen (secondary N) is 1. The highest BCUT2D eigenvalue weighted by molar-refractivity contribution is 6.07. The van der Waals surface area contributed by atoms with Gasteiger partial charge in [0, 0.05) is 24.0 Å². The van der Waals surface area contributed by atoms with E-state index in [4.69, 9.17) is 0 Å². The van der Waals surface area contributed by atoms with Crippen molar-refractivity contribution in [3.05, 3.63) is 39.8 Å².